The minimum Gasteiger partial charge on any atom is -0.454 e. The van der Waals surface area contributed by atoms with Crippen molar-refractivity contribution in [2.24, 2.45) is 0 Å². The van der Waals surface area contributed by atoms with E-state index < -0.39 is 0 Å². The normalized spacial score (nSPS) is 21.6. The topological polar surface area (TPSA) is 37.8 Å². The Morgan fingerprint density at radius 1 is 0.903 bits per heavy atom. The first-order valence-electron chi connectivity index (χ1n) is 12.1. The molecule has 1 saturated heterocycles. The molecule has 4 heterocycles. The number of hydrogen-bond donors (Lipinski definition) is 0. The van der Waals surface area contributed by atoms with Crippen LogP contribution in [0.15, 0.2) is 36.7 Å². The molecule has 0 aliphatic carbocycles. The smallest absolute Gasteiger partial charge is 0.231 e. The fourth-order valence-corrected chi connectivity index (χ4v) is 5.43. The molecule has 5 heteroatoms. The lowest BCUT2D eigenvalue weighted by Crippen LogP contribution is -2.42. The van der Waals surface area contributed by atoms with Gasteiger partial charge in [-0.15, -0.1) is 0 Å². The quantitative estimate of drug-likeness (QED) is 0.673. The van der Waals surface area contributed by atoms with Crippen LogP contribution in [0.1, 0.15) is 48.8 Å². The van der Waals surface area contributed by atoms with Crippen LogP contribution in [0.5, 0.6) is 11.5 Å². The molecule has 0 amide bonds. The number of aromatic nitrogens is 1. The van der Waals surface area contributed by atoms with E-state index in [0.717, 1.165) is 49.9 Å². The molecule has 0 bridgehead atoms. The molecule has 2 aromatic rings. The molecule has 0 spiro atoms. The fraction of sp³-hybridized carbons (Fsp3) is 0.577. The second-order valence-corrected chi connectivity index (χ2v) is 9.25. The highest BCUT2D eigenvalue weighted by atomic mass is 16.7. The molecule has 5 nitrogen and oxygen atoms in total. The van der Waals surface area contributed by atoms with Gasteiger partial charge in [0.1, 0.15) is 0 Å². The Kier molecular flexibility index (Phi) is 6.71. The van der Waals surface area contributed by atoms with Crippen LogP contribution in [0, 0.1) is 0 Å². The van der Waals surface area contributed by atoms with Gasteiger partial charge in [0.25, 0.3) is 0 Å². The first-order valence-corrected chi connectivity index (χ1v) is 12.1. The van der Waals surface area contributed by atoms with E-state index in [1.165, 1.54) is 68.4 Å². The van der Waals surface area contributed by atoms with Crippen LogP contribution in [0.3, 0.4) is 0 Å². The van der Waals surface area contributed by atoms with Gasteiger partial charge in [0.15, 0.2) is 11.5 Å². The summed E-state index contributed by atoms with van der Waals surface area (Å²) in [6.45, 7) is 6.39. The number of hydrogen-bond acceptors (Lipinski definition) is 5. The van der Waals surface area contributed by atoms with Crippen molar-refractivity contribution >= 4 is 0 Å². The number of fused-ring (bicyclic) bond motifs is 2. The van der Waals surface area contributed by atoms with Crippen molar-refractivity contribution in [1.82, 2.24) is 14.8 Å². The van der Waals surface area contributed by atoms with Gasteiger partial charge >= 0.3 is 0 Å². The van der Waals surface area contributed by atoms with E-state index in [2.05, 4.69) is 39.0 Å². The van der Waals surface area contributed by atoms with Crippen molar-refractivity contribution in [3.05, 3.63) is 53.3 Å². The third kappa shape index (κ3) is 5.21. The van der Waals surface area contributed by atoms with Crippen LogP contribution in [0.25, 0.3) is 0 Å². The van der Waals surface area contributed by atoms with Gasteiger partial charge in [0, 0.05) is 31.5 Å². The summed E-state index contributed by atoms with van der Waals surface area (Å²) < 4.78 is 11.2. The monoisotopic (exact) mass is 421 g/mol. The molecule has 3 aliphatic heterocycles. The first-order chi connectivity index (χ1) is 15.3. The highest BCUT2D eigenvalue weighted by Gasteiger charge is 2.24. The number of ether oxygens (including phenoxy) is 2. The minimum atomic E-state index is 0.366. The summed E-state index contributed by atoms with van der Waals surface area (Å²) in [5, 5.41) is 0. The maximum Gasteiger partial charge on any atom is 0.231 e. The zero-order chi connectivity index (χ0) is 20.9. The van der Waals surface area contributed by atoms with E-state index in [0.29, 0.717) is 6.79 Å². The van der Waals surface area contributed by atoms with E-state index in [1.54, 1.807) is 0 Å². The molecule has 166 valence electrons. The van der Waals surface area contributed by atoms with Gasteiger partial charge in [-0.2, -0.15) is 0 Å². The van der Waals surface area contributed by atoms with Gasteiger partial charge in [-0.1, -0.05) is 6.42 Å². The first kappa shape index (κ1) is 20.8. The van der Waals surface area contributed by atoms with Crippen LogP contribution in [-0.4, -0.2) is 60.3 Å². The fourth-order valence-electron chi connectivity index (χ4n) is 5.43. The molecule has 1 aromatic carbocycles. The number of aryl methyl sites for hydroxylation is 1. The summed E-state index contributed by atoms with van der Waals surface area (Å²) in [6.07, 6.45) is 13.9. The minimum absolute atomic E-state index is 0.366. The Morgan fingerprint density at radius 3 is 2.39 bits per heavy atom. The van der Waals surface area contributed by atoms with Gasteiger partial charge < -0.3 is 19.3 Å². The Morgan fingerprint density at radius 2 is 1.65 bits per heavy atom. The SMILES string of the molecule is c1cc(CCCN2CCCCC2CCN2CCc3cc4c(cc3CC2)OCO4)ccn1. The molecule has 0 radical (unpaired) electrons. The molecule has 1 unspecified atom stereocenters. The second kappa shape index (κ2) is 10.0. The van der Waals surface area contributed by atoms with E-state index in [4.69, 9.17) is 9.47 Å². The second-order valence-electron chi connectivity index (χ2n) is 9.25. The molecule has 5 rings (SSSR count). The predicted octanol–water partition coefficient (Wildman–Crippen LogP) is 4.09. The number of rotatable bonds is 7. The summed E-state index contributed by atoms with van der Waals surface area (Å²) in [6, 6.07) is 9.48. The number of nitrogens with zero attached hydrogens (tertiary/aromatic N) is 3. The average Bonchev–Trinajstić information content (AvgIpc) is 3.17. The lowest BCUT2D eigenvalue weighted by atomic mass is 9.98. The molecule has 0 saturated carbocycles. The zero-order valence-corrected chi connectivity index (χ0v) is 18.6. The average molecular weight is 422 g/mol. The van der Waals surface area contributed by atoms with Gasteiger partial charge in [-0.25, -0.2) is 0 Å². The molecular weight excluding hydrogens is 386 g/mol. The summed E-state index contributed by atoms with van der Waals surface area (Å²) in [4.78, 5) is 9.58. The molecule has 1 fully saturated rings. The van der Waals surface area contributed by atoms with Crippen molar-refractivity contribution in [3.8, 4) is 11.5 Å². The number of piperidine rings is 1. The predicted molar refractivity (Wildman–Crippen MR) is 123 cm³/mol. The van der Waals surface area contributed by atoms with Crippen molar-refractivity contribution in [1.29, 1.82) is 0 Å². The number of pyridine rings is 1. The van der Waals surface area contributed by atoms with Crippen LogP contribution in [-0.2, 0) is 19.3 Å². The summed E-state index contributed by atoms with van der Waals surface area (Å²) in [5.74, 6) is 1.86. The lowest BCUT2D eigenvalue weighted by Gasteiger charge is -2.37. The molecule has 1 aromatic heterocycles. The zero-order valence-electron chi connectivity index (χ0n) is 18.6. The van der Waals surface area contributed by atoms with Crippen molar-refractivity contribution in [2.75, 3.05) is 39.5 Å². The van der Waals surface area contributed by atoms with Crippen LogP contribution in [0.2, 0.25) is 0 Å². The van der Waals surface area contributed by atoms with Crippen molar-refractivity contribution in [2.45, 2.75) is 57.4 Å². The molecule has 31 heavy (non-hydrogen) atoms. The summed E-state index contributed by atoms with van der Waals surface area (Å²) in [7, 11) is 0. The van der Waals surface area contributed by atoms with E-state index >= 15 is 0 Å². The van der Waals surface area contributed by atoms with Crippen molar-refractivity contribution < 1.29 is 9.47 Å². The Balaban J connectivity index is 1.11. The summed E-state index contributed by atoms with van der Waals surface area (Å²) >= 11 is 0. The lowest BCUT2D eigenvalue weighted by molar-refractivity contribution is 0.124. The van der Waals surface area contributed by atoms with Crippen molar-refractivity contribution in [3.63, 3.8) is 0 Å². The largest absolute Gasteiger partial charge is 0.454 e. The molecular formula is C26H35N3O2. The van der Waals surface area contributed by atoms with Gasteiger partial charge in [-0.3, -0.25) is 4.98 Å². The van der Waals surface area contributed by atoms with Crippen LogP contribution >= 0.6 is 0 Å². The highest BCUT2D eigenvalue weighted by molar-refractivity contribution is 5.49. The van der Waals surface area contributed by atoms with Gasteiger partial charge in [0.05, 0.1) is 0 Å². The molecule has 1 atom stereocenters. The molecule has 0 N–H and O–H groups in total. The highest BCUT2D eigenvalue weighted by Crippen LogP contribution is 2.36. The maximum absolute atomic E-state index is 5.59. The van der Waals surface area contributed by atoms with E-state index in [1.807, 2.05) is 12.4 Å². The standard InChI is InChI=1S/C26H35N3O2/c1-2-13-29(14-3-4-21-6-11-27-12-7-21)24(5-1)10-17-28-15-8-22-18-25-26(31-20-30-25)19-23(22)9-16-28/h6-7,11-12,18-19,24H,1-5,8-10,13-17,20H2. The van der Waals surface area contributed by atoms with E-state index in [9.17, 15) is 0 Å². The van der Waals surface area contributed by atoms with Gasteiger partial charge in [-0.05, 0) is 106 Å². The van der Waals surface area contributed by atoms with Crippen LogP contribution < -0.4 is 9.47 Å². The Bertz CT molecular complexity index is 822. The molecule has 3 aliphatic rings. The summed E-state index contributed by atoms with van der Waals surface area (Å²) in [5.41, 5.74) is 4.30. The van der Waals surface area contributed by atoms with E-state index in [-0.39, 0.29) is 0 Å². The Hall–Kier alpha value is -2.11. The number of likely N-dealkylation sites (tertiary alicyclic amines) is 1. The third-order valence-corrected chi connectivity index (χ3v) is 7.28. The third-order valence-electron chi connectivity index (χ3n) is 7.28. The van der Waals surface area contributed by atoms with Crippen LogP contribution in [0.4, 0.5) is 0 Å². The Labute approximate surface area is 186 Å². The number of benzene rings is 1. The maximum atomic E-state index is 5.59. The van der Waals surface area contributed by atoms with Gasteiger partial charge in [0.2, 0.25) is 6.79 Å².